The summed E-state index contributed by atoms with van der Waals surface area (Å²) < 4.78 is 0. The van der Waals surface area contributed by atoms with E-state index in [9.17, 15) is 5.26 Å². The van der Waals surface area contributed by atoms with Crippen LogP contribution >= 0.6 is 0 Å². The van der Waals surface area contributed by atoms with Crippen LogP contribution in [0, 0.1) is 11.3 Å². The average Bonchev–Trinajstić information content (AvgIpc) is 2.69. The molecule has 16 heavy (non-hydrogen) atoms. The highest BCUT2D eigenvalue weighted by molar-refractivity contribution is 5.06. The standard InChI is InChI=1S/C13H25N3/c1-11(2)15-13(3,9-14)10-16(4)12-7-5-6-8-12/h11-12,15H,5-8,10H2,1-4H3. The Balaban J connectivity index is 2.51. The van der Waals surface area contributed by atoms with Gasteiger partial charge in [0.05, 0.1) is 6.07 Å². The van der Waals surface area contributed by atoms with Crippen LogP contribution in [0.2, 0.25) is 0 Å². The molecule has 1 saturated carbocycles. The van der Waals surface area contributed by atoms with E-state index >= 15 is 0 Å². The van der Waals surface area contributed by atoms with Crippen molar-refractivity contribution in [3.63, 3.8) is 0 Å². The Labute approximate surface area is 99.8 Å². The van der Waals surface area contributed by atoms with Gasteiger partial charge in [-0.3, -0.25) is 5.32 Å². The molecular weight excluding hydrogens is 198 g/mol. The Hall–Kier alpha value is -0.590. The Morgan fingerprint density at radius 1 is 1.44 bits per heavy atom. The van der Waals surface area contributed by atoms with E-state index < -0.39 is 5.54 Å². The molecular formula is C13H25N3. The number of nitriles is 1. The molecule has 0 aromatic heterocycles. The summed E-state index contributed by atoms with van der Waals surface area (Å²) in [4.78, 5) is 2.35. The van der Waals surface area contributed by atoms with Crippen molar-refractivity contribution >= 4 is 0 Å². The molecule has 0 aromatic carbocycles. The van der Waals surface area contributed by atoms with E-state index in [-0.39, 0.29) is 0 Å². The molecule has 3 nitrogen and oxygen atoms in total. The number of likely N-dealkylation sites (N-methyl/N-ethyl adjacent to an activating group) is 1. The minimum absolute atomic E-state index is 0.349. The van der Waals surface area contributed by atoms with Gasteiger partial charge in [-0.2, -0.15) is 5.26 Å². The fourth-order valence-corrected chi connectivity index (χ4v) is 2.72. The van der Waals surface area contributed by atoms with Gasteiger partial charge in [-0.05, 0) is 40.7 Å². The summed E-state index contributed by atoms with van der Waals surface area (Å²) in [6, 6.07) is 3.44. The lowest BCUT2D eigenvalue weighted by Gasteiger charge is -2.33. The molecule has 3 heteroatoms. The van der Waals surface area contributed by atoms with Crippen LogP contribution in [0.5, 0.6) is 0 Å². The van der Waals surface area contributed by atoms with Crippen LogP contribution in [0.15, 0.2) is 0 Å². The van der Waals surface area contributed by atoms with E-state index in [1.807, 2.05) is 6.92 Å². The molecule has 0 aliphatic heterocycles. The highest BCUT2D eigenvalue weighted by Gasteiger charge is 2.29. The quantitative estimate of drug-likeness (QED) is 0.776. The van der Waals surface area contributed by atoms with Crippen LogP contribution in [0.3, 0.4) is 0 Å². The number of rotatable bonds is 5. The first kappa shape index (κ1) is 13.5. The fourth-order valence-electron chi connectivity index (χ4n) is 2.72. The zero-order valence-electron chi connectivity index (χ0n) is 11.1. The lowest BCUT2D eigenvalue weighted by molar-refractivity contribution is 0.194. The zero-order valence-corrected chi connectivity index (χ0v) is 11.1. The predicted octanol–water partition coefficient (Wildman–Crippen LogP) is 2.14. The first-order chi connectivity index (χ1) is 7.47. The predicted molar refractivity (Wildman–Crippen MR) is 67.2 cm³/mol. The van der Waals surface area contributed by atoms with Crippen molar-refractivity contribution in [2.45, 2.75) is 64.1 Å². The van der Waals surface area contributed by atoms with Crippen molar-refractivity contribution in [3.05, 3.63) is 0 Å². The van der Waals surface area contributed by atoms with Gasteiger partial charge in [0.2, 0.25) is 0 Å². The maximum Gasteiger partial charge on any atom is 0.116 e. The number of nitrogens with one attached hydrogen (secondary N) is 1. The van der Waals surface area contributed by atoms with E-state index in [0.29, 0.717) is 12.1 Å². The summed E-state index contributed by atoms with van der Waals surface area (Å²) in [6.45, 7) is 6.99. The van der Waals surface area contributed by atoms with E-state index in [1.54, 1.807) is 0 Å². The smallest absolute Gasteiger partial charge is 0.116 e. The van der Waals surface area contributed by atoms with E-state index in [0.717, 1.165) is 6.54 Å². The molecule has 1 N–H and O–H groups in total. The molecule has 1 aliphatic rings. The normalized spacial score (nSPS) is 21.3. The molecule has 0 saturated heterocycles. The maximum atomic E-state index is 9.29. The van der Waals surface area contributed by atoms with Crippen LogP contribution in [-0.4, -0.2) is 36.1 Å². The molecule has 1 fully saturated rings. The SMILES string of the molecule is CC(C)NC(C)(C#N)CN(C)C1CCCC1. The topological polar surface area (TPSA) is 39.1 Å². The molecule has 1 aliphatic carbocycles. The molecule has 92 valence electrons. The van der Waals surface area contributed by atoms with Crippen LogP contribution in [0.4, 0.5) is 0 Å². The van der Waals surface area contributed by atoms with Crippen LogP contribution in [0.1, 0.15) is 46.5 Å². The first-order valence-corrected chi connectivity index (χ1v) is 6.36. The van der Waals surface area contributed by atoms with E-state index in [2.05, 4.69) is 37.2 Å². The van der Waals surface area contributed by atoms with E-state index in [4.69, 9.17) is 0 Å². The maximum absolute atomic E-state index is 9.29. The summed E-state index contributed by atoms with van der Waals surface area (Å²) >= 11 is 0. The van der Waals surface area contributed by atoms with Crippen LogP contribution in [-0.2, 0) is 0 Å². The molecule has 1 atom stereocenters. The van der Waals surface area contributed by atoms with Crippen molar-refractivity contribution in [1.29, 1.82) is 5.26 Å². The van der Waals surface area contributed by atoms with Gasteiger partial charge in [0, 0.05) is 18.6 Å². The van der Waals surface area contributed by atoms with Crippen molar-refractivity contribution in [2.75, 3.05) is 13.6 Å². The minimum atomic E-state index is -0.425. The fraction of sp³-hybridized carbons (Fsp3) is 0.923. The van der Waals surface area contributed by atoms with Crippen molar-refractivity contribution in [3.8, 4) is 6.07 Å². The van der Waals surface area contributed by atoms with E-state index in [1.165, 1.54) is 25.7 Å². The zero-order chi connectivity index (χ0) is 12.2. The molecule has 0 amide bonds. The molecule has 1 rings (SSSR count). The second-order valence-corrected chi connectivity index (χ2v) is 5.60. The molecule has 0 heterocycles. The molecule has 1 unspecified atom stereocenters. The summed E-state index contributed by atoms with van der Waals surface area (Å²) in [7, 11) is 2.15. The van der Waals surface area contributed by atoms with Gasteiger partial charge in [0.15, 0.2) is 0 Å². The van der Waals surface area contributed by atoms with Crippen LogP contribution < -0.4 is 5.32 Å². The highest BCUT2D eigenvalue weighted by Crippen LogP contribution is 2.23. The molecule has 0 aromatic rings. The lowest BCUT2D eigenvalue weighted by Crippen LogP contribution is -2.53. The second kappa shape index (κ2) is 5.65. The van der Waals surface area contributed by atoms with Crippen LogP contribution in [0.25, 0.3) is 0 Å². The minimum Gasteiger partial charge on any atom is -0.301 e. The van der Waals surface area contributed by atoms with Gasteiger partial charge in [0.25, 0.3) is 0 Å². The van der Waals surface area contributed by atoms with Gasteiger partial charge < -0.3 is 4.90 Å². The van der Waals surface area contributed by atoms with Gasteiger partial charge in [-0.15, -0.1) is 0 Å². The lowest BCUT2D eigenvalue weighted by atomic mass is 10.0. The first-order valence-electron chi connectivity index (χ1n) is 6.36. The Morgan fingerprint density at radius 2 is 2.00 bits per heavy atom. The Bertz CT molecular complexity index is 250. The van der Waals surface area contributed by atoms with Crippen molar-refractivity contribution < 1.29 is 0 Å². The van der Waals surface area contributed by atoms with Crippen molar-refractivity contribution in [1.82, 2.24) is 10.2 Å². The van der Waals surface area contributed by atoms with Gasteiger partial charge in [-0.1, -0.05) is 12.8 Å². The summed E-state index contributed by atoms with van der Waals surface area (Å²) in [5.41, 5.74) is -0.425. The summed E-state index contributed by atoms with van der Waals surface area (Å²) in [6.07, 6.45) is 5.27. The van der Waals surface area contributed by atoms with Gasteiger partial charge in [0.1, 0.15) is 5.54 Å². The Kier molecular flexibility index (Phi) is 4.76. The Morgan fingerprint density at radius 3 is 2.44 bits per heavy atom. The third kappa shape index (κ3) is 3.77. The second-order valence-electron chi connectivity index (χ2n) is 5.60. The molecule has 0 spiro atoms. The molecule has 0 radical (unpaired) electrons. The van der Waals surface area contributed by atoms with Gasteiger partial charge in [-0.25, -0.2) is 0 Å². The third-order valence-electron chi connectivity index (χ3n) is 3.37. The monoisotopic (exact) mass is 223 g/mol. The van der Waals surface area contributed by atoms with Crippen molar-refractivity contribution in [2.24, 2.45) is 0 Å². The number of hydrogen-bond acceptors (Lipinski definition) is 3. The average molecular weight is 223 g/mol. The molecule has 0 bridgehead atoms. The number of nitrogens with zero attached hydrogens (tertiary/aromatic N) is 2. The summed E-state index contributed by atoms with van der Waals surface area (Å²) in [5, 5.41) is 12.6. The highest BCUT2D eigenvalue weighted by atomic mass is 15.2. The largest absolute Gasteiger partial charge is 0.301 e. The van der Waals surface area contributed by atoms with Gasteiger partial charge >= 0.3 is 0 Å². The number of hydrogen-bond donors (Lipinski definition) is 1. The third-order valence-corrected chi connectivity index (χ3v) is 3.37. The summed E-state index contributed by atoms with van der Waals surface area (Å²) in [5.74, 6) is 0.